The van der Waals surface area contributed by atoms with Crippen molar-refractivity contribution >= 4 is 17.7 Å². The largest absolute Gasteiger partial charge is 0.354 e. The fourth-order valence-corrected chi connectivity index (χ4v) is 2.56. The molecule has 0 aromatic heterocycles. The van der Waals surface area contributed by atoms with Gasteiger partial charge in [-0.2, -0.15) is 11.8 Å². The van der Waals surface area contributed by atoms with Gasteiger partial charge in [0.15, 0.2) is 0 Å². The predicted molar refractivity (Wildman–Crippen MR) is 61.3 cm³/mol. The summed E-state index contributed by atoms with van der Waals surface area (Å²) in [7, 11) is 0. The number of nitrogens with two attached hydrogens (primary N) is 1. The molecule has 3 nitrogen and oxygen atoms in total. The molecule has 2 atom stereocenters. The molecule has 14 heavy (non-hydrogen) atoms. The van der Waals surface area contributed by atoms with Gasteiger partial charge in [-0.1, -0.05) is 13.8 Å². The van der Waals surface area contributed by atoms with Crippen molar-refractivity contribution in [2.24, 2.45) is 17.6 Å². The van der Waals surface area contributed by atoms with E-state index in [9.17, 15) is 4.79 Å². The molecule has 0 bridgehead atoms. The van der Waals surface area contributed by atoms with Crippen LogP contribution >= 0.6 is 11.8 Å². The number of hydrogen-bond acceptors (Lipinski definition) is 3. The van der Waals surface area contributed by atoms with Crippen LogP contribution in [-0.4, -0.2) is 30.0 Å². The van der Waals surface area contributed by atoms with Gasteiger partial charge in [0.05, 0.1) is 0 Å². The lowest BCUT2D eigenvalue weighted by Gasteiger charge is -2.17. The number of hydrogen-bond donors (Lipinski definition) is 2. The third kappa shape index (κ3) is 3.50. The average Bonchev–Trinajstić information content (AvgIpc) is 2.66. The van der Waals surface area contributed by atoms with Gasteiger partial charge in [0, 0.05) is 24.3 Å². The van der Waals surface area contributed by atoms with E-state index in [4.69, 9.17) is 5.73 Å². The number of thioether (sulfide) groups is 1. The Morgan fingerprint density at radius 2 is 2.36 bits per heavy atom. The van der Waals surface area contributed by atoms with Gasteiger partial charge in [0.1, 0.15) is 0 Å². The van der Waals surface area contributed by atoms with Crippen LogP contribution in [0.3, 0.4) is 0 Å². The molecule has 0 radical (unpaired) electrons. The van der Waals surface area contributed by atoms with Crippen LogP contribution in [0.2, 0.25) is 0 Å². The van der Waals surface area contributed by atoms with Crippen molar-refractivity contribution < 1.29 is 4.79 Å². The van der Waals surface area contributed by atoms with E-state index in [1.54, 1.807) is 0 Å². The van der Waals surface area contributed by atoms with Crippen molar-refractivity contribution in [3.63, 3.8) is 0 Å². The second-order valence-electron chi connectivity index (χ2n) is 4.21. The van der Waals surface area contributed by atoms with Crippen molar-refractivity contribution in [2.45, 2.75) is 26.3 Å². The van der Waals surface area contributed by atoms with E-state index >= 15 is 0 Å². The molecule has 4 heteroatoms. The van der Waals surface area contributed by atoms with Gasteiger partial charge in [-0.05, 0) is 18.1 Å². The molecule has 1 heterocycles. The number of rotatable bonds is 4. The lowest BCUT2D eigenvalue weighted by atomic mass is 10.0. The fourth-order valence-electron chi connectivity index (χ4n) is 1.34. The average molecular weight is 216 g/mol. The Hall–Kier alpha value is -0.220. The topological polar surface area (TPSA) is 55.1 Å². The van der Waals surface area contributed by atoms with Gasteiger partial charge in [-0.25, -0.2) is 0 Å². The smallest absolute Gasteiger partial charge is 0.224 e. The normalized spacial score (nSPS) is 23.9. The lowest BCUT2D eigenvalue weighted by Crippen LogP contribution is -2.42. The third-order valence-corrected chi connectivity index (χ3v) is 3.83. The zero-order chi connectivity index (χ0) is 10.6. The van der Waals surface area contributed by atoms with E-state index in [2.05, 4.69) is 19.2 Å². The second kappa shape index (κ2) is 5.61. The molecule has 3 N–H and O–H groups in total. The standard InChI is InChI=1S/C10H20N2OS/c1-7(2)9(11)5-12-10(13)8-3-4-14-6-8/h7-9H,3-6,11H2,1-2H3,(H,12,13). The summed E-state index contributed by atoms with van der Waals surface area (Å²) in [6.07, 6.45) is 1.02. The van der Waals surface area contributed by atoms with Crippen molar-refractivity contribution in [3.8, 4) is 0 Å². The van der Waals surface area contributed by atoms with Crippen molar-refractivity contribution in [1.29, 1.82) is 0 Å². The molecule has 1 saturated heterocycles. The van der Waals surface area contributed by atoms with Crippen molar-refractivity contribution in [1.82, 2.24) is 5.32 Å². The van der Waals surface area contributed by atoms with Gasteiger partial charge in [-0.3, -0.25) is 4.79 Å². The molecule has 1 aliphatic heterocycles. The summed E-state index contributed by atoms with van der Waals surface area (Å²) in [6, 6.07) is 0.0769. The molecule has 0 aromatic carbocycles. The Balaban J connectivity index is 2.20. The minimum Gasteiger partial charge on any atom is -0.354 e. The first-order chi connectivity index (χ1) is 6.61. The molecule has 0 aliphatic carbocycles. The van der Waals surface area contributed by atoms with Crippen molar-refractivity contribution in [2.75, 3.05) is 18.1 Å². The molecule has 1 rings (SSSR count). The van der Waals surface area contributed by atoms with Crippen LogP contribution < -0.4 is 11.1 Å². The first-order valence-electron chi connectivity index (χ1n) is 5.22. The van der Waals surface area contributed by atoms with Gasteiger partial charge >= 0.3 is 0 Å². The summed E-state index contributed by atoms with van der Waals surface area (Å²) >= 11 is 1.86. The minimum atomic E-state index is 0.0769. The zero-order valence-electron chi connectivity index (χ0n) is 8.95. The maximum Gasteiger partial charge on any atom is 0.224 e. The molecule has 0 saturated carbocycles. The van der Waals surface area contributed by atoms with E-state index in [1.807, 2.05) is 11.8 Å². The molecular formula is C10H20N2OS. The van der Waals surface area contributed by atoms with Crippen LogP contribution in [0.1, 0.15) is 20.3 Å². The summed E-state index contributed by atoms with van der Waals surface area (Å²) in [6.45, 7) is 4.75. The first-order valence-corrected chi connectivity index (χ1v) is 6.37. The highest BCUT2D eigenvalue weighted by molar-refractivity contribution is 7.99. The SMILES string of the molecule is CC(C)C(N)CNC(=O)C1CCSC1. The molecule has 82 valence electrons. The maximum absolute atomic E-state index is 11.6. The fraction of sp³-hybridized carbons (Fsp3) is 0.900. The summed E-state index contributed by atoms with van der Waals surface area (Å²) < 4.78 is 0. The maximum atomic E-state index is 11.6. The molecule has 1 aliphatic rings. The van der Waals surface area contributed by atoms with Crippen LogP contribution in [0.15, 0.2) is 0 Å². The number of carbonyl (C=O) groups excluding carboxylic acids is 1. The van der Waals surface area contributed by atoms with Crippen LogP contribution in [0.4, 0.5) is 0 Å². The van der Waals surface area contributed by atoms with E-state index in [-0.39, 0.29) is 17.9 Å². The van der Waals surface area contributed by atoms with Crippen LogP contribution in [0.25, 0.3) is 0 Å². The molecule has 2 unspecified atom stereocenters. The summed E-state index contributed by atoms with van der Waals surface area (Å²) in [5, 5.41) is 2.93. The highest BCUT2D eigenvalue weighted by Gasteiger charge is 2.23. The number of nitrogens with one attached hydrogen (secondary N) is 1. The quantitative estimate of drug-likeness (QED) is 0.732. The summed E-state index contributed by atoms with van der Waals surface area (Å²) in [5.74, 6) is 2.93. The van der Waals surface area contributed by atoms with E-state index in [0.29, 0.717) is 12.5 Å². The van der Waals surface area contributed by atoms with Gasteiger partial charge in [0.2, 0.25) is 5.91 Å². The Morgan fingerprint density at radius 1 is 1.64 bits per heavy atom. The van der Waals surface area contributed by atoms with Crippen LogP contribution in [-0.2, 0) is 4.79 Å². The highest BCUT2D eigenvalue weighted by atomic mass is 32.2. The third-order valence-electron chi connectivity index (χ3n) is 2.67. The number of carbonyl (C=O) groups is 1. The second-order valence-corrected chi connectivity index (χ2v) is 5.36. The van der Waals surface area contributed by atoms with Crippen LogP contribution in [0.5, 0.6) is 0 Å². The van der Waals surface area contributed by atoms with Gasteiger partial charge < -0.3 is 11.1 Å². The Bertz CT molecular complexity index is 191. The minimum absolute atomic E-state index is 0.0769. The van der Waals surface area contributed by atoms with Gasteiger partial charge in [0.25, 0.3) is 0 Å². The van der Waals surface area contributed by atoms with E-state index in [1.165, 1.54) is 0 Å². The Morgan fingerprint density at radius 3 is 2.86 bits per heavy atom. The molecule has 1 fully saturated rings. The number of amides is 1. The predicted octanol–water partition coefficient (Wildman–Crippen LogP) is 0.839. The van der Waals surface area contributed by atoms with Crippen LogP contribution in [0, 0.1) is 11.8 Å². The molecule has 0 aromatic rings. The van der Waals surface area contributed by atoms with E-state index < -0.39 is 0 Å². The highest BCUT2D eigenvalue weighted by Crippen LogP contribution is 2.23. The lowest BCUT2D eigenvalue weighted by molar-refractivity contribution is -0.124. The van der Waals surface area contributed by atoms with Crippen molar-refractivity contribution in [3.05, 3.63) is 0 Å². The summed E-state index contributed by atoms with van der Waals surface area (Å²) in [4.78, 5) is 11.6. The summed E-state index contributed by atoms with van der Waals surface area (Å²) in [5.41, 5.74) is 5.84. The van der Waals surface area contributed by atoms with E-state index in [0.717, 1.165) is 17.9 Å². The monoisotopic (exact) mass is 216 g/mol. The van der Waals surface area contributed by atoms with Gasteiger partial charge in [-0.15, -0.1) is 0 Å². The molecule has 1 amide bonds. The zero-order valence-corrected chi connectivity index (χ0v) is 9.77. The molecule has 0 spiro atoms. The first kappa shape index (κ1) is 11.9. The molecular weight excluding hydrogens is 196 g/mol. The Labute approximate surface area is 90.2 Å². The Kier molecular flexibility index (Phi) is 4.75.